The molecule has 0 spiro atoms. The molecule has 1 aromatic rings. The van der Waals surface area contributed by atoms with Gasteiger partial charge in [-0.2, -0.15) is 0 Å². The zero-order valence-corrected chi connectivity index (χ0v) is 11.6. The molecule has 4 heteroatoms. The van der Waals surface area contributed by atoms with Crippen LogP contribution in [-0.4, -0.2) is 48.3 Å². The fourth-order valence-corrected chi connectivity index (χ4v) is 2.63. The summed E-state index contributed by atoms with van der Waals surface area (Å²) in [6.45, 7) is 6.72. The number of aryl methyl sites for hydroxylation is 2. The predicted molar refractivity (Wildman–Crippen MR) is 73.4 cm³/mol. The maximum Gasteiger partial charge on any atom is 0.321 e. The van der Waals surface area contributed by atoms with Gasteiger partial charge in [0.25, 0.3) is 0 Å². The van der Waals surface area contributed by atoms with E-state index in [0.29, 0.717) is 32.7 Å². The highest BCUT2D eigenvalue weighted by atomic mass is 16.5. The molecule has 1 aromatic carbocycles. The minimum absolute atomic E-state index is 0.455. The van der Waals surface area contributed by atoms with Crippen molar-refractivity contribution in [3.63, 3.8) is 0 Å². The van der Waals surface area contributed by atoms with Gasteiger partial charge in [0.1, 0.15) is 6.04 Å². The van der Waals surface area contributed by atoms with Gasteiger partial charge in [-0.3, -0.25) is 9.69 Å². The molecule has 2 rings (SSSR count). The molecule has 104 valence electrons. The van der Waals surface area contributed by atoms with Crippen molar-refractivity contribution in [1.29, 1.82) is 0 Å². The third-order valence-corrected chi connectivity index (χ3v) is 3.81. The van der Waals surface area contributed by atoms with E-state index >= 15 is 0 Å². The summed E-state index contributed by atoms with van der Waals surface area (Å²) in [5.41, 5.74) is 3.49. The predicted octanol–water partition coefficient (Wildman–Crippen LogP) is 1.63. The van der Waals surface area contributed by atoms with Crippen LogP contribution in [-0.2, 0) is 16.0 Å². The monoisotopic (exact) mass is 263 g/mol. The summed E-state index contributed by atoms with van der Waals surface area (Å²) in [7, 11) is 0. The zero-order chi connectivity index (χ0) is 13.8. The molecular formula is C15H21NO3. The summed E-state index contributed by atoms with van der Waals surface area (Å²) in [5, 5.41) is 9.49. The van der Waals surface area contributed by atoms with Gasteiger partial charge in [-0.1, -0.05) is 18.2 Å². The summed E-state index contributed by atoms with van der Waals surface area (Å²) in [4.78, 5) is 13.6. The highest BCUT2D eigenvalue weighted by molar-refractivity contribution is 5.74. The standard InChI is InChI=1S/C15H21NO3/c1-11-4-3-5-12(2)13(11)10-14(15(17)18)16-6-8-19-9-7-16/h3-5,14H,6-10H2,1-2H3,(H,17,18)/t14-/m1/s1. The second kappa shape index (κ2) is 6.17. The molecule has 1 heterocycles. The Kier molecular flexibility index (Phi) is 4.56. The van der Waals surface area contributed by atoms with Crippen LogP contribution in [0.1, 0.15) is 16.7 Å². The molecule has 1 aliphatic heterocycles. The Labute approximate surface area is 114 Å². The number of aliphatic carboxylic acids is 1. The van der Waals surface area contributed by atoms with Gasteiger partial charge in [0, 0.05) is 13.1 Å². The van der Waals surface area contributed by atoms with E-state index in [0.717, 1.165) is 5.56 Å². The number of ether oxygens (including phenoxy) is 1. The quantitative estimate of drug-likeness (QED) is 0.897. The van der Waals surface area contributed by atoms with E-state index in [-0.39, 0.29) is 0 Å². The first-order chi connectivity index (χ1) is 9.09. The molecule has 1 atom stereocenters. The molecule has 1 aliphatic rings. The Morgan fingerprint density at radius 2 is 1.89 bits per heavy atom. The molecular weight excluding hydrogens is 242 g/mol. The lowest BCUT2D eigenvalue weighted by Gasteiger charge is -2.32. The van der Waals surface area contributed by atoms with Crippen molar-refractivity contribution in [2.24, 2.45) is 0 Å². The van der Waals surface area contributed by atoms with Crippen LogP contribution in [0.3, 0.4) is 0 Å². The van der Waals surface area contributed by atoms with Crippen LogP contribution in [0.15, 0.2) is 18.2 Å². The Hall–Kier alpha value is -1.39. The number of benzene rings is 1. The van der Waals surface area contributed by atoms with Crippen molar-refractivity contribution < 1.29 is 14.6 Å². The fourth-order valence-electron chi connectivity index (χ4n) is 2.63. The summed E-state index contributed by atoms with van der Waals surface area (Å²) in [6, 6.07) is 5.64. The number of carboxylic acids is 1. The van der Waals surface area contributed by atoms with Crippen molar-refractivity contribution in [3.8, 4) is 0 Å². The molecule has 0 radical (unpaired) electrons. The fraction of sp³-hybridized carbons (Fsp3) is 0.533. The van der Waals surface area contributed by atoms with Crippen molar-refractivity contribution in [2.75, 3.05) is 26.3 Å². The lowest BCUT2D eigenvalue weighted by molar-refractivity contribution is -0.145. The summed E-state index contributed by atoms with van der Waals surface area (Å²) < 4.78 is 5.29. The second-order valence-electron chi connectivity index (χ2n) is 5.08. The first-order valence-electron chi connectivity index (χ1n) is 6.69. The Morgan fingerprint density at radius 3 is 2.42 bits per heavy atom. The number of rotatable bonds is 4. The minimum atomic E-state index is -0.746. The molecule has 0 bridgehead atoms. The molecule has 1 N–H and O–H groups in total. The highest BCUT2D eigenvalue weighted by Crippen LogP contribution is 2.18. The number of nitrogens with zero attached hydrogens (tertiary/aromatic N) is 1. The van der Waals surface area contributed by atoms with E-state index in [1.165, 1.54) is 11.1 Å². The lowest BCUT2D eigenvalue weighted by atomic mass is 9.95. The topological polar surface area (TPSA) is 49.8 Å². The van der Waals surface area contributed by atoms with E-state index in [1.54, 1.807) is 0 Å². The van der Waals surface area contributed by atoms with E-state index in [9.17, 15) is 9.90 Å². The molecule has 0 saturated carbocycles. The van der Waals surface area contributed by atoms with Gasteiger partial charge in [-0.25, -0.2) is 0 Å². The highest BCUT2D eigenvalue weighted by Gasteiger charge is 2.28. The summed E-state index contributed by atoms with van der Waals surface area (Å²) in [6.07, 6.45) is 0.563. The van der Waals surface area contributed by atoms with Gasteiger partial charge in [-0.05, 0) is 37.0 Å². The van der Waals surface area contributed by atoms with Gasteiger partial charge in [0.2, 0.25) is 0 Å². The number of carbonyl (C=O) groups is 1. The van der Waals surface area contributed by atoms with Crippen molar-refractivity contribution >= 4 is 5.97 Å². The van der Waals surface area contributed by atoms with E-state index < -0.39 is 12.0 Å². The van der Waals surface area contributed by atoms with E-state index in [1.807, 2.05) is 36.9 Å². The van der Waals surface area contributed by atoms with Gasteiger partial charge >= 0.3 is 5.97 Å². The first kappa shape index (κ1) is 14.0. The average molecular weight is 263 g/mol. The van der Waals surface area contributed by atoms with Gasteiger partial charge in [0.05, 0.1) is 13.2 Å². The smallest absolute Gasteiger partial charge is 0.321 e. The van der Waals surface area contributed by atoms with Crippen LogP contribution in [0.4, 0.5) is 0 Å². The van der Waals surface area contributed by atoms with Crippen LogP contribution in [0, 0.1) is 13.8 Å². The summed E-state index contributed by atoms with van der Waals surface area (Å²) in [5.74, 6) is -0.746. The van der Waals surface area contributed by atoms with Gasteiger partial charge < -0.3 is 9.84 Å². The SMILES string of the molecule is Cc1cccc(C)c1C[C@H](C(=O)O)N1CCOCC1. The van der Waals surface area contributed by atoms with Gasteiger partial charge in [0.15, 0.2) is 0 Å². The van der Waals surface area contributed by atoms with Crippen molar-refractivity contribution in [2.45, 2.75) is 26.3 Å². The molecule has 1 fully saturated rings. The normalized spacial score (nSPS) is 18.2. The Bertz CT molecular complexity index is 432. The molecule has 0 aromatic heterocycles. The third kappa shape index (κ3) is 3.33. The molecule has 0 unspecified atom stereocenters. The molecule has 19 heavy (non-hydrogen) atoms. The number of carboxylic acid groups (broad SMARTS) is 1. The molecule has 0 aliphatic carbocycles. The minimum Gasteiger partial charge on any atom is -0.480 e. The van der Waals surface area contributed by atoms with Crippen LogP contribution in [0.5, 0.6) is 0 Å². The number of morpholine rings is 1. The lowest BCUT2D eigenvalue weighted by Crippen LogP contribution is -2.48. The van der Waals surface area contributed by atoms with E-state index in [2.05, 4.69) is 0 Å². The maximum atomic E-state index is 11.5. The largest absolute Gasteiger partial charge is 0.480 e. The van der Waals surface area contributed by atoms with Gasteiger partial charge in [-0.15, -0.1) is 0 Å². The Morgan fingerprint density at radius 1 is 1.32 bits per heavy atom. The van der Waals surface area contributed by atoms with Crippen molar-refractivity contribution in [1.82, 2.24) is 4.90 Å². The third-order valence-electron chi connectivity index (χ3n) is 3.81. The second-order valence-corrected chi connectivity index (χ2v) is 5.08. The molecule has 1 saturated heterocycles. The first-order valence-corrected chi connectivity index (χ1v) is 6.69. The molecule has 0 amide bonds. The average Bonchev–Trinajstić information content (AvgIpc) is 2.39. The van der Waals surface area contributed by atoms with Crippen LogP contribution >= 0.6 is 0 Å². The molecule has 4 nitrogen and oxygen atoms in total. The van der Waals surface area contributed by atoms with E-state index in [4.69, 9.17) is 4.74 Å². The Balaban J connectivity index is 2.18. The summed E-state index contributed by atoms with van der Waals surface area (Å²) >= 11 is 0. The zero-order valence-electron chi connectivity index (χ0n) is 11.6. The van der Waals surface area contributed by atoms with Crippen LogP contribution in [0.25, 0.3) is 0 Å². The van der Waals surface area contributed by atoms with Crippen LogP contribution < -0.4 is 0 Å². The maximum absolute atomic E-state index is 11.5. The van der Waals surface area contributed by atoms with Crippen LogP contribution in [0.2, 0.25) is 0 Å². The van der Waals surface area contributed by atoms with Crippen molar-refractivity contribution in [3.05, 3.63) is 34.9 Å². The number of hydrogen-bond donors (Lipinski definition) is 1. The number of hydrogen-bond acceptors (Lipinski definition) is 3.